The Morgan fingerprint density at radius 3 is 2.20 bits per heavy atom. The minimum atomic E-state index is -1.42. The molecule has 0 radical (unpaired) electrons. The molecule has 0 heterocycles. The molecule has 0 aliphatic heterocycles. The Labute approximate surface area is 59.6 Å². The quantitative estimate of drug-likeness (QED) is 0.588. The molecule has 3 nitrogen and oxygen atoms in total. The topological polar surface area (TPSA) is 69.1 Å². The van der Waals surface area contributed by atoms with E-state index >= 15 is 0 Å². The molecule has 1 amide bonds. The summed E-state index contributed by atoms with van der Waals surface area (Å²) in [6.45, 7) is 2.71. The first-order valence-corrected chi connectivity index (χ1v) is 3.07. The Morgan fingerprint density at radius 1 is 1.70 bits per heavy atom. The summed E-state index contributed by atoms with van der Waals surface area (Å²) in [6.07, 6.45) is -0.0255. The number of nitrogens with two attached hydrogens (primary N) is 2. The lowest BCUT2D eigenvalue weighted by Crippen LogP contribution is -2.40. The van der Waals surface area contributed by atoms with Crippen molar-refractivity contribution in [2.45, 2.75) is 32.0 Å². The molecule has 0 saturated heterocycles. The monoisotopic (exact) mass is 148 g/mol. The Kier molecular flexibility index (Phi) is 2.77. The van der Waals surface area contributed by atoms with Gasteiger partial charge >= 0.3 is 0 Å². The molecule has 0 aliphatic carbocycles. The van der Waals surface area contributed by atoms with Crippen LogP contribution in [0.5, 0.6) is 0 Å². The molecule has 4 heteroatoms. The number of primary amides is 1. The van der Waals surface area contributed by atoms with E-state index in [9.17, 15) is 9.18 Å². The van der Waals surface area contributed by atoms with Gasteiger partial charge < -0.3 is 11.5 Å². The molecule has 0 spiro atoms. The second-order valence-electron chi connectivity index (χ2n) is 2.93. The third kappa shape index (κ3) is 4.26. The maximum atomic E-state index is 12.7. The molecule has 0 unspecified atom stereocenters. The van der Waals surface area contributed by atoms with E-state index in [1.165, 1.54) is 13.8 Å². The second kappa shape index (κ2) is 2.96. The highest BCUT2D eigenvalue weighted by atomic mass is 19.1. The van der Waals surface area contributed by atoms with Crippen molar-refractivity contribution in [2.75, 3.05) is 0 Å². The predicted molar refractivity (Wildman–Crippen MR) is 37.0 cm³/mol. The number of hydrogen-bond donors (Lipinski definition) is 2. The number of rotatable bonds is 3. The van der Waals surface area contributed by atoms with Gasteiger partial charge in [-0.1, -0.05) is 0 Å². The van der Waals surface area contributed by atoms with Gasteiger partial charge in [0.25, 0.3) is 0 Å². The zero-order valence-electron chi connectivity index (χ0n) is 6.23. The summed E-state index contributed by atoms with van der Waals surface area (Å²) in [4.78, 5) is 10.3. The fourth-order valence-corrected chi connectivity index (χ4v) is 0.624. The molecular formula is C6H13FN2O. The van der Waals surface area contributed by atoms with Crippen LogP contribution in [0.3, 0.4) is 0 Å². The number of halogens is 1. The van der Waals surface area contributed by atoms with Gasteiger partial charge in [-0.3, -0.25) is 4.79 Å². The van der Waals surface area contributed by atoms with E-state index < -0.39 is 17.6 Å². The van der Waals surface area contributed by atoms with Crippen molar-refractivity contribution in [3.63, 3.8) is 0 Å². The van der Waals surface area contributed by atoms with Crippen LogP contribution in [-0.4, -0.2) is 17.6 Å². The summed E-state index contributed by atoms with van der Waals surface area (Å²) in [7, 11) is 0. The van der Waals surface area contributed by atoms with Gasteiger partial charge in [0, 0.05) is 6.42 Å². The maximum Gasteiger partial charge on any atom is 0.234 e. The van der Waals surface area contributed by atoms with Crippen molar-refractivity contribution in [2.24, 2.45) is 11.5 Å². The summed E-state index contributed by atoms with van der Waals surface area (Å²) in [5, 5.41) is 0. The van der Waals surface area contributed by atoms with Crippen molar-refractivity contribution in [3.8, 4) is 0 Å². The van der Waals surface area contributed by atoms with Crippen LogP contribution < -0.4 is 11.5 Å². The highest BCUT2D eigenvalue weighted by molar-refractivity contribution is 5.79. The lowest BCUT2D eigenvalue weighted by molar-refractivity contribution is -0.120. The first kappa shape index (κ1) is 9.36. The minimum absolute atomic E-state index is 0.0255. The van der Waals surface area contributed by atoms with Crippen molar-refractivity contribution >= 4 is 5.91 Å². The number of alkyl halides is 1. The molecule has 0 aromatic heterocycles. The standard InChI is InChI=1S/C6H13FN2O/c1-6(2,7)3-4(8)5(9)10/h4H,3,8H2,1-2H3,(H2,9,10)/t4-/m0/s1. The normalized spacial score (nSPS) is 14.8. The predicted octanol–water partition coefficient (Wildman–Crippen LogP) is -0.0628. The third-order valence-electron chi connectivity index (χ3n) is 1.07. The van der Waals surface area contributed by atoms with Crippen molar-refractivity contribution in [1.29, 1.82) is 0 Å². The number of amides is 1. The van der Waals surface area contributed by atoms with E-state index in [1.54, 1.807) is 0 Å². The maximum absolute atomic E-state index is 12.7. The summed E-state index contributed by atoms with van der Waals surface area (Å²) >= 11 is 0. The lowest BCUT2D eigenvalue weighted by atomic mass is 10.0. The van der Waals surface area contributed by atoms with Crippen LogP contribution in [0.15, 0.2) is 0 Å². The van der Waals surface area contributed by atoms with E-state index in [-0.39, 0.29) is 6.42 Å². The molecule has 0 fully saturated rings. The molecule has 60 valence electrons. The van der Waals surface area contributed by atoms with Crippen LogP contribution in [0.1, 0.15) is 20.3 Å². The molecular weight excluding hydrogens is 135 g/mol. The smallest absolute Gasteiger partial charge is 0.234 e. The average molecular weight is 148 g/mol. The van der Waals surface area contributed by atoms with Crippen molar-refractivity contribution < 1.29 is 9.18 Å². The fraction of sp³-hybridized carbons (Fsp3) is 0.833. The van der Waals surface area contributed by atoms with Crippen LogP contribution in [0, 0.1) is 0 Å². The zero-order valence-corrected chi connectivity index (χ0v) is 6.23. The molecule has 0 rings (SSSR count). The molecule has 0 bridgehead atoms. The zero-order chi connectivity index (χ0) is 8.36. The highest BCUT2D eigenvalue weighted by Crippen LogP contribution is 2.14. The van der Waals surface area contributed by atoms with Gasteiger partial charge in [0.1, 0.15) is 5.67 Å². The minimum Gasteiger partial charge on any atom is -0.368 e. The van der Waals surface area contributed by atoms with Crippen LogP contribution in [0.4, 0.5) is 4.39 Å². The van der Waals surface area contributed by atoms with Crippen LogP contribution in [-0.2, 0) is 4.79 Å². The average Bonchev–Trinajstić information content (AvgIpc) is 1.60. The fourth-order valence-electron chi connectivity index (χ4n) is 0.624. The van der Waals surface area contributed by atoms with E-state index in [4.69, 9.17) is 11.5 Å². The largest absolute Gasteiger partial charge is 0.368 e. The summed E-state index contributed by atoms with van der Waals surface area (Å²) in [5.74, 6) is -0.661. The first-order chi connectivity index (χ1) is 4.33. The van der Waals surface area contributed by atoms with Crippen molar-refractivity contribution in [3.05, 3.63) is 0 Å². The molecule has 0 aromatic carbocycles. The Bertz CT molecular complexity index is 130. The van der Waals surface area contributed by atoms with E-state index in [2.05, 4.69) is 0 Å². The van der Waals surface area contributed by atoms with Crippen LogP contribution >= 0.6 is 0 Å². The number of carbonyl (C=O) groups excluding carboxylic acids is 1. The molecule has 10 heavy (non-hydrogen) atoms. The molecule has 4 N–H and O–H groups in total. The molecule has 0 aromatic rings. The highest BCUT2D eigenvalue weighted by Gasteiger charge is 2.22. The summed E-state index contributed by atoms with van der Waals surface area (Å²) in [6, 6.07) is -0.875. The van der Waals surface area contributed by atoms with Gasteiger partial charge in [0.2, 0.25) is 5.91 Å². The van der Waals surface area contributed by atoms with E-state index in [0.717, 1.165) is 0 Å². The Hall–Kier alpha value is -0.640. The number of hydrogen-bond acceptors (Lipinski definition) is 2. The van der Waals surface area contributed by atoms with Gasteiger partial charge in [-0.2, -0.15) is 0 Å². The molecule has 1 atom stereocenters. The summed E-state index contributed by atoms with van der Waals surface area (Å²) in [5.41, 5.74) is 8.58. The van der Waals surface area contributed by atoms with Gasteiger partial charge in [-0.05, 0) is 13.8 Å². The van der Waals surface area contributed by atoms with E-state index in [1.807, 2.05) is 0 Å². The van der Waals surface area contributed by atoms with Gasteiger partial charge in [0.05, 0.1) is 6.04 Å². The number of carbonyl (C=O) groups is 1. The SMILES string of the molecule is CC(C)(F)C[C@H](N)C(N)=O. The van der Waals surface area contributed by atoms with E-state index in [0.29, 0.717) is 0 Å². The van der Waals surface area contributed by atoms with Gasteiger partial charge in [-0.25, -0.2) is 4.39 Å². The van der Waals surface area contributed by atoms with Crippen LogP contribution in [0.25, 0.3) is 0 Å². The van der Waals surface area contributed by atoms with Gasteiger partial charge in [0.15, 0.2) is 0 Å². The Morgan fingerprint density at radius 2 is 2.10 bits per heavy atom. The second-order valence-corrected chi connectivity index (χ2v) is 2.93. The molecule has 0 saturated carbocycles. The van der Waals surface area contributed by atoms with Crippen molar-refractivity contribution in [1.82, 2.24) is 0 Å². The lowest BCUT2D eigenvalue weighted by Gasteiger charge is -2.16. The molecule has 0 aliphatic rings. The Balaban J connectivity index is 3.80. The van der Waals surface area contributed by atoms with Crippen LogP contribution in [0.2, 0.25) is 0 Å². The van der Waals surface area contributed by atoms with Gasteiger partial charge in [-0.15, -0.1) is 0 Å². The third-order valence-corrected chi connectivity index (χ3v) is 1.07. The summed E-state index contributed by atoms with van der Waals surface area (Å²) < 4.78 is 12.7. The first-order valence-electron chi connectivity index (χ1n) is 3.07.